The van der Waals surface area contributed by atoms with E-state index >= 15 is 0 Å². The number of anilines is 3. The monoisotopic (exact) mass is 479 g/mol. The first-order chi connectivity index (χ1) is 17.1. The Kier molecular flexibility index (Phi) is 5.45. The second kappa shape index (κ2) is 8.65. The molecule has 0 spiro atoms. The van der Waals surface area contributed by atoms with Crippen molar-refractivity contribution in [3.05, 3.63) is 46.6 Å². The van der Waals surface area contributed by atoms with Crippen molar-refractivity contribution in [1.29, 1.82) is 0 Å². The lowest BCUT2D eigenvalue weighted by Gasteiger charge is -2.39. The van der Waals surface area contributed by atoms with Gasteiger partial charge in [-0.3, -0.25) is 9.59 Å². The molecule has 2 saturated carbocycles. The number of hydrogen-bond donors (Lipinski definition) is 3. The third-order valence-electron chi connectivity index (χ3n) is 7.54. The summed E-state index contributed by atoms with van der Waals surface area (Å²) in [6.45, 7) is 0.758. The Balaban J connectivity index is 1.27. The van der Waals surface area contributed by atoms with Crippen molar-refractivity contribution in [2.75, 3.05) is 31.4 Å². The predicted molar refractivity (Wildman–Crippen MR) is 129 cm³/mol. The first-order valence-electron chi connectivity index (χ1n) is 12.1. The van der Waals surface area contributed by atoms with Crippen LogP contribution in [0, 0.1) is 5.92 Å². The zero-order valence-corrected chi connectivity index (χ0v) is 19.7. The maximum atomic E-state index is 13.1. The molecule has 1 saturated heterocycles. The van der Waals surface area contributed by atoms with E-state index < -0.39 is 0 Å². The lowest BCUT2D eigenvalue weighted by atomic mass is 9.77. The van der Waals surface area contributed by atoms with Crippen molar-refractivity contribution >= 4 is 28.7 Å². The Morgan fingerprint density at radius 2 is 2.11 bits per heavy atom. The van der Waals surface area contributed by atoms with Crippen LogP contribution in [0.2, 0.25) is 0 Å². The van der Waals surface area contributed by atoms with Crippen LogP contribution in [0.25, 0.3) is 5.65 Å². The number of methoxy groups -OCH3 is 1. The number of nitrogens with zero attached hydrogens (tertiary/aromatic N) is 4. The molecule has 0 radical (unpaired) electrons. The number of pyridine rings is 1. The fourth-order valence-corrected chi connectivity index (χ4v) is 5.36. The number of ether oxygens (including phenoxy) is 2. The fourth-order valence-electron chi connectivity index (χ4n) is 5.36. The summed E-state index contributed by atoms with van der Waals surface area (Å²) in [5.74, 6) is 0.723. The molecule has 1 aliphatic heterocycles. The maximum absolute atomic E-state index is 13.1. The molecule has 1 amide bonds. The van der Waals surface area contributed by atoms with Crippen LogP contribution in [-0.2, 0) is 9.47 Å². The zero-order valence-electron chi connectivity index (χ0n) is 19.7. The van der Waals surface area contributed by atoms with E-state index in [1.54, 1.807) is 37.1 Å². The Morgan fingerprint density at radius 3 is 2.89 bits per heavy atom. The molecule has 3 fully saturated rings. The van der Waals surface area contributed by atoms with E-state index in [4.69, 9.17) is 9.47 Å². The third-order valence-corrected chi connectivity index (χ3v) is 7.54. The van der Waals surface area contributed by atoms with E-state index in [-0.39, 0.29) is 35.8 Å². The molecule has 35 heavy (non-hydrogen) atoms. The van der Waals surface area contributed by atoms with E-state index in [2.05, 4.69) is 26.0 Å². The molecule has 3 atom stereocenters. The largest absolute Gasteiger partial charge is 0.385 e. The van der Waals surface area contributed by atoms with E-state index in [0.29, 0.717) is 34.5 Å². The van der Waals surface area contributed by atoms with E-state index in [9.17, 15) is 9.59 Å². The molecule has 11 nitrogen and oxygen atoms in total. The molecule has 2 aliphatic carbocycles. The Hall–Kier alpha value is -3.44. The highest BCUT2D eigenvalue weighted by molar-refractivity contribution is 5.94. The van der Waals surface area contributed by atoms with E-state index in [1.807, 2.05) is 6.07 Å². The number of fused-ring (bicyclic) bond motifs is 2. The van der Waals surface area contributed by atoms with Crippen LogP contribution in [0.4, 0.5) is 17.2 Å². The number of hydrogen-bond acceptors (Lipinski definition) is 8. The minimum atomic E-state index is -0.247. The van der Waals surface area contributed by atoms with Gasteiger partial charge in [-0.15, -0.1) is 5.10 Å². The van der Waals surface area contributed by atoms with Gasteiger partial charge in [-0.1, -0.05) is 0 Å². The van der Waals surface area contributed by atoms with Crippen molar-refractivity contribution in [2.45, 2.75) is 50.0 Å². The third kappa shape index (κ3) is 3.75. The van der Waals surface area contributed by atoms with Crippen LogP contribution in [0.5, 0.6) is 0 Å². The molecule has 4 heterocycles. The van der Waals surface area contributed by atoms with Crippen molar-refractivity contribution < 1.29 is 14.3 Å². The van der Waals surface area contributed by atoms with Gasteiger partial charge in [0.1, 0.15) is 5.69 Å². The molecule has 3 aliphatic rings. The molecule has 0 aromatic carbocycles. The Bertz CT molecular complexity index is 1330. The van der Waals surface area contributed by atoms with E-state index in [1.165, 1.54) is 10.7 Å². The van der Waals surface area contributed by atoms with Gasteiger partial charge in [0.25, 0.3) is 11.5 Å². The molecule has 0 bridgehead atoms. The predicted octanol–water partition coefficient (Wildman–Crippen LogP) is 1.93. The first-order valence-corrected chi connectivity index (χ1v) is 12.1. The highest BCUT2D eigenvalue weighted by Gasteiger charge is 2.46. The molecule has 3 aromatic heterocycles. The molecule has 3 N–H and O–H groups in total. The van der Waals surface area contributed by atoms with Gasteiger partial charge in [-0.05, 0) is 43.7 Å². The van der Waals surface area contributed by atoms with Gasteiger partial charge in [-0.2, -0.15) is 0 Å². The lowest BCUT2D eigenvalue weighted by molar-refractivity contribution is -0.000686. The van der Waals surface area contributed by atoms with Crippen LogP contribution in [0.15, 0.2) is 35.4 Å². The van der Waals surface area contributed by atoms with Gasteiger partial charge < -0.3 is 30.0 Å². The molecule has 6 rings (SSSR count). The minimum Gasteiger partial charge on any atom is -0.385 e. The smallest absolute Gasteiger partial charge is 0.274 e. The van der Waals surface area contributed by atoms with Crippen LogP contribution in [0.1, 0.15) is 42.2 Å². The van der Waals surface area contributed by atoms with Gasteiger partial charge in [-0.25, -0.2) is 9.50 Å². The number of rotatable bonds is 7. The maximum Gasteiger partial charge on any atom is 0.274 e. The normalized spacial score (nSPS) is 27.1. The van der Waals surface area contributed by atoms with Crippen molar-refractivity contribution in [1.82, 2.24) is 24.5 Å². The van der Waals surface area contributed by atoms with Crippen LogP contribution < -0.4 is 21.5 Å². The second-order valence-electron chi connectivity index (χ2n) is 9.51. The summed E-state index contributed by atoms with van der Waals surface area (Å²) in [6, 6.07) is 5.48. The lowest BCUT2D eigenvalue weighted by Crippen LogP contribution is -2.54. The Labute approximate surface area is 201 Å². The second-order valence-corrected chi connectivity index (χ2v) is 9.51. The number of carbonyl (C=O) groups is 1. The highest BCUT2D eigenvalue weighted by Crippen LogP contribution is 2.38. The summed E-state index contributed by atoms with van der Waals surface area (Å²) in [5.41, 5.74) is 1.82. The van der Waals surface area contributed by atoms with Gasteiger partial charge in [0, 0.05) is 39.1 Å². The van der Waals surface area contributed by atoms with Crippen LogP contribution >= 0.6 is 0 Å². The standard InChI is InChI=1S/C24H29N7O4/c1-25-18-11-20(27-16-4-3-6-30(24(16)33)14-9-15(10-14)34-2)29-31-19(12-26-22(18)31)23(32)28-17-8-13-5-7-35-21(13)17/h3-4,6,11-15,17,21,25H,5,7-10H2,1-2H3,(H,27,29)(H,28,32)/t13-,14?,15?,17-,21-/m0/s1. The Morgan fingerprint density at radius 1 is 1.26 bits per heavy atom. The summed E-state index contributed by atoms with van der Waals surface area (Å²) < 4.78 is 14.3. The number of carbonyl (C=O) groups excluding carboxylic acids is 1. The number of aromatic nitrogens is 4. The summed E-state index contributed by atoms with van der Waals surface area (Å²) in [5, 5.41) is 13.9. The average Bonchev–Trinajstić information content (AvgIpc) is 3.42. The number of imidazole rings is 1. The number of nitrogens with one attached hydrogen (secondary N) is 3. The average molecular weight is 480 g/mol. The molecular weight excluding hydrogens is 450 g/mol. The quantitative estimate of drug-likeness (QED) is 0.470. The summed E-state index contributed by atoms with van der Waals surface area (Å²) in [7, 11) is 3.47. The highest BCUT2D eigenvalue weighted by atomic mass is 16.5. The fraction of sp³-hybridized carbons (Fsp3) is 0.500. The first kappa shape index (κ1) is 22.1. The minimum absolute atomic E-state index is 0.0117. The van der Waals surface area contributed by atoms with Crippen LogP contribution in [-0.4, -0.2) is 64.1 Å². The van der Waals surface area contributed by atoms with Crippen molar-refractivity contribution in [3.8, 4) is 0 Å². The summed E-state index contributed by atoms with van der Waals surface area (Å²) >= 11 is 0. The van der Waals surface area contributed by atoms with Gasteiger partial charge in [0.15, 0.2) is 17.2 Å². The molecule has 11 heteroatoms. The topological polar surface area (TPSA) is 124 Å². The zero-order chi connectivity index (χ0) is 24.1. The van der Waals surface area contributed by atoms with Gasteiger partial charge >= 0.3 is 0 Å². The summed E-state index contributed by atoms with van der Waals surface area (Å²) in [4.78, 5) is 30.6. The van der Waals surface area contributed by atoms with Gasteiger partial charge in [0.05, 0.1) is 30.1 Å². The molecule has 184 valence electrons. The van der Waals surface area contributed by atoms with Crippen molar-refractivity contribution in [2.24, 2.45) is 5.92 Å². The van der Waals surface area contributed by atoms with Gasteiger partial charge in [0.2, 0.25) is 0 Å². The molecular formula is C24H29N7O4. The summed E-state index contributed by atoms with van der Waals surface area (Å²) in [6.07, 6.45) is 7.24. The number of amides is 1. The van der Waals surface area contributed by atoms with Crippen LogP contribution in [0.3, 0.4) is 0 Å². The van der Waals surface area contributed by atoms with E-state index in [0.717, 1.165) is 32.3 Å². The molecule has 3 aromatic rings. The van der Waals surface area contributed by atoms with Crippen molar-refractivity contribution in [3.63, 3.8) is 0 Å². The molecule has 0 unspecified atom stereocenters. The SMILES string of the molecule is CNc1cc(Nc2cccn(C3CC(OC)C3)c2=O)nn2c(C(=O)N[C@H]3C[C@@H]4CCO[C@@H]43)cnc12.